The van der Waals surface area contributed by atoms with E-state index < -0.39 is 11.8 Å². The van der Waals surface area contributed by atoms with E-state index in [1.54, 1.807) is 4.52 Å². The van der Waals surface area contributed by atoms with Crippen LogP contribution in [-0.4, -0.2) is 86.7 Å². The van der Waals surface area contributed by atoms with Gasteiger partial charge < -0.3 is 20.9 Å². The molecule has 2 amide bonds. The molecule has 3 aliphatic rings. The van der Waals surface area contributed by atoms with Crippen molar-refractivity contribution < 1.29 is 18.4 Å². The van der Waals surface area contributed by atoms with Crippen LogP contribution in [0.5, 0.6) is 0 Å². The minimum atomic E-state index is -2.57. The first-order chi connectivity index (χ1) is 18.3. The number of piperidine rings is 1. The molecular weight excluding hydrogens is 498 g/mol. The number of rotatable bonds is 7. The van der Waals surface area contributed by atoms with Crippen LogP contribution < -0.4 is 20.9 Å². The van der Waals surface area contributed by atoms with Gasteiger partial charge in [-0.3, -0.25) is 14.5 Å². The highest BCUT2D eigenvalue weighted by Crippen LogP contribution is 2.33. The van der Waals surface area contributed by atoms with Crippen LogP contribution in [-0.2, 0) is 4.79 Å². The number of fused-ring (bicyclic) bond motifs is 1. The van der Waals surface area contributed by atoms with Gasteiger partial charge in [-0.25, -0.2) is 13.3 Å². The van der Waals surface area contributed by atoms with Crippen LogP contribution in [0.2, 0.25) is 0 Å². The molecule has 3 aromatic rings. The van der Waals surface area contributed by atoms with Gasteiger partial charge in [-0.1, -0.05) is 0 Å². The maximum absolute atomic E-state index is 13.4. The average Bonchev–Trinajstić information content (AvgIpc) is 3.67. The number of hydrogen-bond acceptors (Lipinski definition) is 9. The first kappa shape index (κ1) is 24.4. The summed E-state index contributed by atoms with van der Waals surface area (Å²) < 4.78 is 28.4. The van der Waals surface area contributed by atoms with Gasteiger partial charge in [0.1, 0.15) is 0 Å². The molecule has 0 radical (unpaired) electrons. The summed E-state index contributed by atoms with van der Waals surface area (Å²) in [5.41, 5.74) is 1.84. The number of likely N-dealkylation sites (tertiary alicyclic amines) is 1. The molecule has 1 atom stereocenters. The highest BCUT2D eigenvalue weighted by molar-refractivity contribution is 5.99. The van der Waals surface area contributed by atoms with Gasteiger partial charge in [-0.2, -0.15) is 4.98 Å². The molecule has 200 valence electrons. The van der Waals surface area contributed by atoms with Gasteiger partial charge in [0.05, 0.1) is 30.7 Å². The number of halogens is 2. The standard InChI is InChI=1S/C24H28F2N10O2/c1-27-22(38)20-17(9-18(31-32-20)29-21(37)14-4-5-14)28-23-30-19-7-6-16(11-36(19)33-23)34-8-2-3-15(10-34)35-12-24(25,26)13-35/h6-7,9,11,14-15H,2-5,8,10,12-13H2,1H3,(H,27,38)(H2,28,29,31,33,37). The number of amides is 2. The summed E-state index contributed by atoms with van der Waals surface area (Å²) in [4.78, 5) is 33.1. The van der Waals surface area contributed by atoms with Crippen LogP contribution in [0.25, 0.3) is 5.65 Å². The first-order valence-electron chi connectivity index (χ1n) is 12.7. The van der Waals surface area contributed by atoms with E-state index in [-0.39, 0.29) is 48.4 Å². The second-order valence-corrected chi connectivity index (χ2v) is 10.1. The quantitative estimate of drug-likeness (QED) is 0.422. The molecule has 2 saturated heterocycles. The van der Waals surface area contributed by atoms with E-state index in [4.69, 9.17) is 0 Å². The molecule has 5 heterocycles. The van der Waals surface area contributed by atoms with Crippen molar-refractivity contribution in [2.24, 2.45) is 5.92 Å². The van der Waals surface area contributed by atoms with E-state index in [2.05, 4.69) is 41.1 Å². The first-order valence-corrected chi connectivity index (χ1v) is 12.7. The lowest BCUT2D eigenvalue weighted by atomic mass is 9.99. The Kier molecular flexibility index (Phi) is 6.05. The number of carbonyl (C=O) groups excluding carboxylic acids is 2. The molecular formula is C24H28F2N10O2. The zero-order chi connectivity index (χ0) is 26.4. The monoisotopic (exact) mass is 526 g/mol. The Morgan fingerprint density at radius 1 is 1.13 bits per heavy atom. The molecule has 14 heteroatoms. The highest BCUT2D eigenvalue weighted by atomic mass is 19.3. The number of nitrogens with zero attached hydrogens (tertiary/aromatic N) is 7. The van der Waals surface area contributed by atoms with Crippen molar-refractivity contribution >= 4 is 40.6 Å². The highest BCUT2D eigenvalue weighted by Gasteiger charge is 2.47. The molecule has 1 unspecified atom stereocenters. The lowest BCUT2D eigenvalue weighted by Gasteiger charge is -2.47. The van der Waals surface area contributed by atoms with Crippen molar-refractivity contribution in [3.8, 4) is 0 Å². The lowest BCUT2D eigenvalue weighted by Crippen LogP contribution is -2.63. The number of aromatic nitrogens is 5. The summed E-state index contributed by atoms with van der Waals surface area (Å²) in [6.45, 7) is 1.17. The topological polar surface area (TPSA) is 133 Å². The largest absolute Gasteiger partial charge is 0.369 e. The normalized spacial score (nSPS) is 21.1. The number of nitrogens with one attached hydrogen (secondary N) is 3. The predicted octanol–water partition coefficient (Wildman–Crippen LogP) is 1.89. The molecule has 0 bridgehead atoms. The third-order valence-corrected chi connectivity index (χ3v) is 7.14. The second kappa shape index (κ2) is 9.42. The zero-order valence-electron chi connectivity index (χ0n) is 20.8. The van der Waals surface area contributed by atoms with Crippen LogP contribution in [0.15, 0.2) is 24.4 Å². The maximum Gasteiger partial charge on any atom is 0.273 e. The van der Waals surface area contributed by atoms with Crippen molar-refractivity contribution in [3.63, 3.8) is 0 Å². The zero-order valence-corrected chi connectivity index (χ0v) is 20.8. The van der Waals surface area contributed by atoms with Crippen LogP contribution in [0.1, 0.15) is 36.2 Å². The Morgan fingerprint density at radius 2 is 1.95 bits per heavy atom. The van der Waals surface area contributed by atoms with Crippen molar-refractivity contribution in [1.29, 1.82) is 0 Å². The fraction of sp³-hybridized carbons (Fsp3) is 0.500. The van der Waals surface area contributed by atoms with Crippen LogP contribution >= 0.6 is 0 Å². The molecule has 0 spiro atoms. The Labute approximate surface area is 216 Å². The van der Waals surface area contributed by atoms with Gasteiger partial charge in [0.25, 0.3) is 11.8 Å². The van der Waals surface area contributed by atoms with Crippen molar-refractivity contribution in [2.45, 2.75) is 37.6 Å². The minimum Gasteiger partial charge on any atom is -0.369 e. The predicted molar refractivity (Wildman–Crippen MR) is 135 cm³/mol. The van der Waals surface area contributed by atoms with Gasteiger partial charge in [0.15, 0.2) is 17.2 Å². The van der Waals surface area contributed by atoms with Crippen molar-refractivity contribution in [3.05, 3.63) is 30.1 Å². The Morgan fingerprint density at radius 3 is 2.68 bits per heavy atom. The number of hydrogen-bond donors (Lipinski definition) is 3. The van der Waals surface area contributed by atoms with Crippen molar-refractivity contribution in [1.82, 2.24) is 35.0 Å². The second-order valence-electron chi connectivity index (χ2n) is 10.1. The van der Waals surface area contributed by atoms with Gasteiger partial charge in [0, 0.05) is 38.2 Å². The van der Waals surface area contributed by atoms with E-state index >= 15 is 0 Å². The van der Waals surface area contributed by atoms with E-state index in [0.29, 0.717) is 17.9 Å². The SMILES string of the molecule is CNC(=O)c1nnc(NC(=O)C2CC2)cc1Nc1nc2ccc(N3CCCC(N4CC(F)(F)C4)C3)cn2n1. The summed E-state index contributed by atoms with van der Waals surface area (Å²) in [6.07, 6.45) is 5.38. The third-order valence-electron chi connectivity index (χ3n) is 7.14. The number of pyridine rings is 1. The summed E-state index contributed by atoms with van der Waals surface area (Å²) >= 11 is 0. The number of carbonyl (C=O) groups is 2. The lowest BCUT2D eigenvalue weighted by molar-refractivity contribution is -0.146. The summed E-state index contributed by atoms with van der Waals surface area (Å²) in [5, 5.41) is 20.7. The van der Waals surface area contributed by atoms with E-state index in [9.17, 15) is 18.4 Å². The number of anilines is 4. The maximum atomic E-state index is 13.4. The molecule has 3 fully saturated rings. The molecule has 38 heavy (non-hydrogen) atoms. The molecule has 6 rings (SSSR count). The Balaban J connectivity index is 1.20. The summed E-state index contributed by atoms with van der Waals surface area (Å²) in [6, 6.07) is 5.41. The minimum absolute atomic E-state index is 0.0110. The fourth-order valence-corrected chi connectivity index (χ4v) is 4.93. The van der Waals surface area contributed by atoms with E-state index in [0.717, 1.165) is 37.9 Å². The van der Waals surface area contributed by atoms with Crippen LogP contribution in [0, 0.1) is 5.92 Å². The fourth-order valence-electron chi connectivity index (χ4n) is 4.93. The van der Waals surface area contributed by atoms with Crippen molar-refractivity contribution in [2.75, 3.05) is 48.8 Å². The molecule has 2 aliphatic heterocycles. The number of alkyl halides is 2. The molecule has 3 N–H and O–H groups in total. The molecule has 1 aliphatic carbocycles. The van der Waals surface area contributed by atoms with Crippen LogP contribution in [0.4, 0.5) is 31.9 Å². The van der Waals surface area contributed by atoms with E-state index in [1.807, 2.05) is 23.2 Å². The van der Waals surface area contributed by atoms with E-state index in [1.165, 1.54) is 13.1 Å². The summed E-state index contributed by atoms with van der Waals surface area (Å²) in [5.74, 6) is -2.70. The molecule has 0 aromatic carbocycles. The smallest absolute Gasteiger partial charge is 0.273 e. The Bertz CT molecular complexity index is 1380. The average molecular weight is 527 g/mol. The van der Waals surface area contributed by atoms with Gasteiger partial charge in [-0.05, 0) is 37.8 Å². The Hall–Kier alpha value is -3.94. The van der Waals surface area contributed by atoms with Gasteiger partial charge in [0.2, 0.25) is 11.9 Å². The molecule has 3 aromatic heterocycles. The van der Waals surface area contributed by atoms with Crippen LogP contribution in [0.3, 0.4) is 0 Å². The summed E-state index contributed by atoms with van der Waals surface area (Å²) in [7, 11) is 1.49. The molecule has 1 saturated carbocycles. The molecule has 12 nitrogen and oxygen atoms in total. The van der Waals surface area contributed by atoms with Gasteiger partial charge >= 0.3 is 0 Å². The third kappa shape index (κ3) is 4.95. The van der Waals surface area contributed by atoms with Gasteiger partial charge in [-0.15, -0.1) is 15.3 Å².